The molecule has 0 bridgehead atoms. The van der Waals surface area contributed by atoms with Gasteiger partial charge < -0.3 is 24.4 Å². The van der Waals surface area contributed by atoms with E-state index in [4.69, 9.17) is 0 Å². The zero-order chi connectivity index (χ0) is 23.3. The number of carbonyl (C=O) groups excluding carboxylic acids is 4. The molecule has 0 radical (unpaired) electrons. The highest BCUT2D eigenvalue weighted by atomic mass is 16.6. The van der Waals surface area contributed by atoms with Crippen LogP contribution in [-0.4, -0.2) is 56.0 Å². The molecule has 2 N–H and O–H groups in total. The number of carbonyl (C=O) groups is 6. The molecule has 2 aromatic heterocycles. The van der Waals surface area contributed by atoms with E-state index in [0.29, 0.717) is 0 Å². The molecule has 0 saturated carbocycles. The topological polar surface area (TPSA) is 196 Å². The fourth-order valence-corrected chi connectivity index (χ4v) is 2.13. The molecule has 2 aromatic rings. The molecule has 0 aliphatic rings. The summed E-state index contributed by atoms with van der Waals surface area (Å²) in [5.74, 6) is -8.92. The third-order valence-corrected chi connectivity index (χ3v) is 3.27. The van der Waals surface area contributed by atoms with Gasteiger partial charge in [-0.15, -0.1) is 0 Å². The van der Waals surface area contributed by atoms with Gasteiger partial charge in [-0.2, -0.15) is 0 Å². The number of hydrogen-bond donors (Lipinski definition) is 2. The van der Waals surface area contributed by atoms with Gasteiger partial charge in [0.2, 0.25) is 11.8 Å². The largest absolute Gasteiger partial charge is 0.478 e. The summed E-state index contributed by atoms with van der Waals surface area (Å²) >= 11 is 0. The minimum atomic E-state index is -1.61. The molecular weight excluding hydrogens is 420 g/mol. The van der Waals surface area contributed by atoms with Crippen molar-refractivity contribution in [2.45, 2.75) is 13.8 Å². The molecule has 0 spiro atoms. The number of hydrogen-bond acceptors (Lipinski definition) is 11. The third kappa shape index (κ3) is 5.66. The van der Waals surface area contributed by atoms with Crippen molar-refractivity contribution in [3.8, 4) is 11.8 Å². The van der Waals surface area contributed by atoms with E-state index in [1.807, 2.05) is 0 Å². The lowest BCUT2D eigenvalue weighted by atomic mass is 10.2. The first kappa shape index (κ1) is 22.6. The van der Waals surface area contributed by atoms with E-state index in [2.05, 4.69) is 24.2 Å². The van der Waals surface area contributed by atoms with E-state index in [0.717, 1.165) is 38.1 Å². The summed E-state index contributed by atoms with van der Waals surface area (Å²) in [6.07, 6.45) is 0. The normalized spacial score (nSPS) is 10.0. The monoisotopic (exact) mass is 432 g/mol. The van der Waals surface area contributed by atoms with Crippen LogP contribution >= 0.6 is 0 Å². The Hall–Kier alpha value is -4.68. The molecule has 2 rings (SSSR count). The van der Waals surface area contributed by atoms with Gasteiger partial charge >= 0.3 is 35.8 Å². The third-order valence-electron chi connectivity index (χ3n) is 3.27. The van der Waals surface area contributed by atoms with Crippen LogP contribution in [0.4, 0.5) is 0 Å². The highest BCUT2D eigenvalue weighted by molar-refractivity contribution is 6.09. The summed E-state index contributed by atoms with van der Waals surface area (Å²) < 4.78 is 13.8. The molecule has 0 atom stereocenters. The van der Waals surface area contributed by atoms with Crippen molar-refractivity contribution in [3.63, 3.8) is 0 Å². The highest BCUT2D eigenvalue weighted by Gasteiger charge is 2.28. The minimum absolute atomic E-state index is 0.446. The predicted molar refractivity (Wildman–Crippen MR) is 94.8 cm³/mol. The van der Waals surface area contributed by atoms with Gasteiger partial charge in [0.15, 0.2) is 11.4 Å². The second-order valence-corrected chi connectivity index (χ2v) is 5.57. The minimum Gasteiger partial charge on any atom is -0.478 e. The van der Waals surface area contributed by atoms with Crippen molar-refractivity contribution in [3.05, 3.63) is 46.8 Å². The Balaban J connectivity index is 2.42. The van der Waals surface area contributed by atoms with Crippen molar-refractivity contribution in [2.24, 2.45) is 0 Å². The number of rotatable bonds is 6. The quantitative estimate of drug-likeness (QED) is 0.479. The predicted octanol–water partition coefficient (Wildman–Crippen LogP) is 0.721. The first-order chi connectivity index (χ1) is 14.5. The van der Waals surface area contributed by atoms with E-state index in [1.165, 1.54) is 0 Å². The lowest BCUT2D eigenvalue weighted by Crippen LogP contribution is -2.21. The molecule has 31 heavy (non-hydrogen) atoms. The highest BCUT2D eigenvalue weighted by Crippen LogP contribution is 2.18. The van der Waals surface area contributed by atoms with Crippen molar-refractivity contribution in [1.29, 1.82) is 0 Å². The van der Waals surface area contributed by atoms with Gasteiger partial charge in [-0.05, 0) is 12.1 Å². The smallest absolute Gasteiger partial charge is 0.365 e. The molecule has 13 heteroatoms. The molecule has 0 aliphatic heterocycles. The van der Waals surface area contributed by atoms with Crippen molar-refractivity contribution in [1.82, 2.24) is 9.97 Å². The van der Waals surface area contributed by atoms with Gasteiger partial charge in [-0.25, -0.2) is 29.1 Å². The van der Waals surface area contributed by atoms with Gasteiger partial charge in [0.1, 0.15) is 0 Å². The molecule has 0 amide bonds. The van der Waals surface area contributed by atoms with E-state index >= 15 is 0 Å². The summed E-state index contributed by atoms with van der Waals surface area (Å²) in [4.78, 5) is 76.5. The lowest BCUT2D eigenvalue weighted by Gasteiger charge is -2.09. The van der Waals surface area contributed by atoms with E-state index < -0.39 is 70.1 Å². The summed E-state index contributed by atoms with van der Waals surface area (Å²) in [6.45, 7) is 2.06. The maximum absolute atomic E-state index is 12.4. The van der Waals surface area contributed by atoms with Crippen molar-refractivity contribution >= 4 is 35.8 Å². The number of aromatic nitrogens is 2. The fourth-order valence-electron chi connectivity index (χ4n) is 2.13. The maximum atomic E-state index is 12.4. The van der Waals surface area contributed by atoms with Crippen molar-refractivity contribution < 1.29 is 53.2 Å². The molecule has 0 aromatic carbocycles. The molecule has 0 saturated heterocycles. The average molecular weight is 432 g/mol. The second-order valence-electron chi connectivity index (χ2n) is 5.57. The molecular formula is C18H12N2O11. The summed E-state index contributed by atoms with van der Waals surface area (Å²) in [5.41, 5.74) is -3.16. The van der Waals surface area contributed by atoms with Crippen LogP contribution < -0.4 is 9.47 Å². The van der Waals surface area contributed by atoms with E-state index in [9.17, 15) is 39.0 Å². The summed E-state index contributed by atoms with van der Waals surface area (Å²) in [6, 6.07) is 3.76. The molecule has 0 fully saturated rings. The summed E-state index contributed by atoms with van der Waals surface area (Å²) in [5, 5.41) is 18.4. The number of esters is 4. The fraction of sp³-hybridized carbons (Fsp3) is 0.111. The molecule has 160 valence electrons. The van der Waals surface area contributed by atoms with Crippen molar-refractivity contribution in [2.75, 3.05) is 0 Å². The van der Waals surface area contributed by atoms with E-state index in [1.54, 1.807) is 0 Å². The number of carboxylic acids is 2. The average Bonchev–Trinajstić information content (AvgIpc) is 2.66. The van der Waals surface area contributed by atoms with Crippen LogP contribution in [0.2, 0.25) is 0 Å². The Labute approximate surface area is 172 Å². The van der Waals surface area contributed by atoms with E-state index in [-0.39, 0.29) is 0 Å². The van der Waals surface area contributed by atoms with Crippen LogP contribution in [0.25, 0.3) is 0 Å². The number of pyridine rings is 2. The molecule has 2 heterocycles. The van der Waals surface area contributed by atoms with Gasteiger partial charge in [0.05, 0.1) is 11.1 Å². The van der Waals surface area contributed by atoms with Gasteiger partial charge in [0.25, 0.3) is 0 Å². The Morgan fingerprint density at radius 2 is 1.03 bits per heavy atom. The maximum Gasteiger partial charge on any atom is 0.365 e. The van der Waals surface area contributed by atoms with Gasteiger partial charge in [-0.1, -0.05) is 0 Å². The zero-order valence-corrected chi connectivity index (χ0v) is 15.8. The number of nitrogens with zero attached hydrogens (tertiary/aromatic N) is 2. The summed E-state index contributed by atoms with van der Waals surface area (Å²) in [7, 11) is 0. The first-order valence-electron chi connectivity index (χ1n) is 8.11. The van der Waals surface area contributed by atoms with Crippen LogP contribution in [0.15, 0.2) is 24.3 Å². The molecule has 13 nitrogen and oxygen atoms in total. The Kier molecular flexibility index (Phi) is 6.72. The van der Waals surface area contributed by atoms with Gasteiger partial charge in [0, 0.05) is 26.0 Å². The number of ether oxygens (including phenoxy) is 3. The molecule has 0 unspecified atom stereocenters. The van der Waals surface area contributed by atoms with Crippen LogP contribution in [0.3, 0.4) is 0 Å². The molecule has 0 aliphatic carbocycles. The SMILES string of the molecule is CC(=O)Oc1ccc(C(=O)O)c(C(=O)OC(=O)c2nc(OC(C)=O)ccc2C(=O)O)n1. The van der Waals surface area contributed by atoms with Crippen LogP contribution in [-0.2, 0) is 14.3 Å². The second kappa shape index (κ2) is 9.21. The Bertz CT molecular complexity index is 1040. The lowest BCUT2D eigenvalue weighted by molar-refractivity contribution is -0.133. The standard InChI is InChI=1S/C18H12N2O11/c1-7(21)29-11-5-3-9(15(23)24)13(19-11)17(27)31-18(28)14-10(16(25)26)4-6-12(20-14)30-8(2)22/h3-6H,1-2H3,(H,23,24)(H,25,26). The van der Waals surface area contributed by atoms with Crippen LogP contribution in [0.5, 0.6) is 11.8 Å². The first-order valence-corrected chi connectivity index (χ1v) is 8.11. The van der Waals surface area contributed by atoms with Crippen LogP contribution in [0, 0.1) is 0 Å². The number of carboxylic acid groups (broad SMARTS) is 2. The van der Waals surface area contributed by atoms with Gasteiger partial charge in [-0.3, -0.25) is 9.59 Å². The Morgan fingerprint density at radius 1 is 0.677 bits per heavy atom. The zero-order valence-electron chi connectivity index (χ0n) is 15.8. The van der Waals surface area contributed by atoms with Crippen LogP contribution in [0.1, 0.15) is 55.5 Å². The number of aromatic carboxylic acids is 2. The Morgan fingerprint density at radius 3 is 1.32 bits per heavy atom.